The summed E-state index contributed by atoms with van der Waals surface area (Å²) in [7, 11) is 1.75. The van der Waals surface area contributed by atoms with Gasteiger partial charge in [-0.1, -0.05) is 23.9 Å². The molecule has 0 N–H and O–H groups in total. The number of hydrogen-bond donors (Lipinski definition) is 0. The number of likely N-dealkylation sites (N-methyl/N-ethyl adjacent to an activating group) is 1. The molecular formula is C16H21N3OS. The number of carbonyl (C=O) groups is 1. The van der Waals surface area contributed by atoms with E-state index in [2.05, 4.69) is 35.9 Å². The van der Waals surface area contributed by atoms with Crippen LogP contribution in [0.5, 0.6) is 0 Å². The number of thioether (sulfide) groups is 1. The Bertz CT molecular complexity index is 574. The average Bonchev–Trinajstić information content (AvgIpc) is 2.78. The zero-order valence-electron chi connectivity index (χ0n) is 13.0. The molecule has 1 aliphatic heterocycles. The van der Waals surface area contributed by atoms with E-state index in [-0.39, 0.29) is 5.91 Å². The molecule has 4 nitrogen and oxygen atoms in total. The van der Waals surface area contributed by atoms with Gasteiger partial charge in [0.15, 0.2) is 5.17 Å². The Morgan fingerprint density at radius 3 is 2.33 bits per heavy atom. The van der Waals surface area contributed by atoms with Gasteiger partial charge in [-0.05, 0) is 43.9 Å². The van der Waals surface area contributed by atoms with E-state index in [0.29, 0.717) is 5.70 Å². The first-order valence-corrected chi connectivity index (χ1v) is 8.30. The zero-order chi connectivity index (χ0) is 15.4. The van der Waals surface area contributed by atoms with Gasteiger partial charge in [0.25, 0.3) is 5.91 Å². The lowest BCUT2D eigenvalue weighted by Gasteiger charge is -2.20. The van der Waals surface area contributed by atoms with Crippen LogP contribution in [0.4, 0.5) is 5.69 Å². The summed E-state index contributed by atoms with van der Waals surface area (Å²) in [5.74, 6) is -0.0489. The second-order valence-electron chi connectivity index (χ2n) is 4.76. The van der Waals surface area contributed by atoms with Crippen molar-refractivity contribution < 1.29 is 4.79 Å². The number of hydrogen-bond acceptors (Lipinski definition) is 4. The first-order chi connectivity index (χ1) is 10.1. The van der Waals surface area contributed by atoms with E-state index in [9.17, 15) is 4.79 Å². The highest BCUT2D eigenvalue weighted by molar-refractivity contribution is 8.13. The highest BCUT2D eigenvalue weighted by Crippen LogP contribution is 2.22. The molecule has 1 aliphatic rings. The van der Waals surface area contributed by atoms with Gasteiger partial charge in [0.2, 0.25) is 0 Å². The van der Waals surface area contributed by atoms with Gasteiger partial charge in [-0.15, -0.1) is 0 Å². The molecule has 0 bridgehead atoms. The van der Waals surface area contributed by atoms with Gasteiger partial charge in [-0.2, -0.15) is 0 Å². The number of anilines is 1. The predicted molar refractivity (Wildman–Crippen MR) is 91.7 cm³/mol. The molecular weight excluding hydrogens is 282 g/mol. The summed E-state index contributed by atoms with van der Waals surface area (Å²) in [6.45, 7) is 6.26. The fourth-order valence-corrected chi connectivity index (χ4v) is 2.84. The fourth-order valence-electron chi connectivity index (χ4n) is 2.29. The maximum absolute atomic E-state index is 12.1. The molecule has 1 aromatic carbocycles. The van der Waals surface area contributed by atoms with Crippen LogP contribution in [0.2, 0.25) is 0 Å². The third-order valence-electron chi connectivity index (χ3n) is 3.53. The molecule has 0 saturated carbocycles. The summed E-state index contributed by atoms with van der Waals surface area (Å²) in [6.07, 6.45) is 3.76. The Balaban J connectivity index is 2.22. The second-order valence-corrected chi connectivity index (χ2v) is 5.53. The number of benzene rings is 1. The van der Waals surface area contributed by atoms with Crippen LogP contribution in [0, 0.1) is 0 Å². The van der Waals surface area contributed by atoms with Crippen molar-refractivity contribution in [1.82, 2.24) is 4.90 Å². The number of amides is 1. The van der Waals surface area contributed by atoms with E-state index >= 15 is 0 Å². The van der Waals surface area contributed by atoms with Crippen LogP contribution in [-0.4, -0.2) is 42.4 Å². The first-order valence-electron chi connectivity index (χ1n) is 7.08. The molecule has 1 amide bonds. The number of amidine groups is 1. The maximum atomic E-state index is 12.1. The number of aliphatic imine (C=N–C) groups is 1. The van der Waals surface area contributed by atoms with Crippen molar-refractivity contribution in [2.75, 3.05) is 31.3 Å². The number of nitrogens with zero attached hydrogens (tertiary/aromatic N) is 3. The molecule has 0 saturated heterocycles. The van der Waals surface area contributed by atoms with Gasteiger partial charge in [0.05, 0.1) is 0 Å². The molecule has 0 atom stereocenters. The summed E-state index contributed by atoms with van der Waals surface area (Å²) >= 11 is 1.48. The van der Waals surface area contributed by atoms with Gasteiger partial charge < -0.3 is 4.90 Å². The zero-order valence-corrected chi connectivity index (χ0v) is 13.8. The highest BCUT2D eigenvalue weighted by atomic mass is 32.2. The molecule has 0 spiro atoms. The monoisotopic (exact) mass is 303 g/mol. The van der Waals surface area contributed by atoms with Crippen molar-refractivity contribution in [3.63, 3.8) is 0 Å². The maximum Gasteiger partial charge on any atom is 0.278 e. The predicted octanol–water partition coefficient (Wildman–Crippen LogP) is 3.06. The van der Waals surface area contributed by atoms with Crippen molar-refractivity contribution in [2.24, 2.45) is 4.99 Å². The molecule has 112 valence electrons. The van der Waals surface area contributed by atoms with E-state index in [0.717, 1.165) is 23.8 Å². The summed E-state index contributed by atoms with van der Waals surface area (Å²) in [4.78, 5) is 20.3. The molecule has 0 radical (unpaired) electrons. The molecule has 5 heteroatoms. The summed E-state index contributed by atoms with van der Waals surface area (Å²) in [6, 6.07) is 8.23. The minimum Gasteiger partial charge on any atom is -0.372 e. The van der Waals surface area contributed by atoms with E-state index in [1.165, 1.54) is 17.4 Å². The van der Waals surface area contributed by atoms with Gasteiger partial charge in [-0.25, -0.2) is 4.99 Å². The second kappa shape index (κ2) is 6.80. The van der Waals surface area contributed by atoms with Crippen molar-refractivity contribution in [3.8, 4) is 0 Å². The lowest BCUT2D eigenvalue weighted by molar-refractivity contribution is -0.121. The Labute approximate surface area is 130 Å². The summed E-state index contributed by atoms with van der Waals surface area (Å²) in [5.41, 5.74) is 2.69. The Morgan fingerprint density at radius 1 is 1.24 bits per heavy atom. The number of rotatable bonds is 4. The van der Waals surface area contributed by atoms with Crippen LogP contribution in [0.1, 0.15) is 19.4 Å². The normalized spacial score (nSPS) is 16.6. The van der Waals surface area contributed by atoms with Crippen LogP contribution in [0.3, 0.4) is 0 Å². The third kappa shape index (κ3) is 3.29. The van der Waals surface area contributed by atoms with E-state index < -0.39 is 0 Å². The Hall–Kier alpha value is -1.75. The van der Waals surface area contributed by atoms with Gasteiger partial charge in [0.1, 0.15) is 5.70 Å². The van der Waals surface area contributed by atoms with Gasteiger partial charge >= 0.3 is 0 Å². The van der Waals surface area contributed by atoms with E-state index in [4.69, 9.17) is 0 Å². The number of carbonyl (C=O) groups excluding carboxylic acids is 1. The van der Waals surface area contributed by atoms with Crippen molar-refractivity contribution in [1.29, 1.82) is 0 Å². The molecule has 0 aromatic heterocycles. The first kappa shape index (κ1) is 15.6. The Morgan fingerprint density at radius 2 is 1.86 bits per heavy atom. The summed E-state index contributed by atoms with van der Waals surface area (Å²) < 4.78 is 0. The Kier molecular flexibility index (Phi) is 5.07. The quantitative estimate of drug-likeness (QED) is 0.802. The van der Waals surface area contributed by atoms with Gasteiger partial charge in [-0.3, -0.25) is 9.69 Å². The smallest absolute Gasteiger partial charge is 0.278 e. The van der Waals surface area contributed by atoms with Crippen LogP contribution in [-0.2, 0) is 4.79 Å². The average molecular weight is 303 g/mol. The largest absolute Gasteiger partial charge is 0.372 e. The molecule has 0 fully saturated rings. The highest BCUT2D eigenvalue weighted by Gasteiger charge is 2.25. The standard InChI is InChI=1S/C16H21N3OS/c1-5-19(6-2)13-9-7-12(8-10-13)11-14-15(20)18(3)16(17-14)21-4/h7-11H,5-6H2,1-4H3/b14-11-. The molecule has 21 heavy (non-hydrogen) atoms. The van der Waals surface area contributed by atoms with Crippen molar-refractivity contribution in [3.05, 3.63) is 35.5 Å². The van der Waals surface area contributed by atoms with Crippen LogP contribution >= 0.6 is 11.8 Å². The molecule has 1 aromatic rings. The van der Waals surface area contributed by atoms with Crippen molar-refractivity contribution >= 4 is 34.6 Å². The third-order valence-corrected chi connectivity index (χ3v) is 4.26. The van der Waals surface area contributed by atoms with Gasteiger partial charge in [0, 0.05) is 25.8 Å². The molecule has 2 rings (SSSR count). The fraction of sp³-hybridized carbons (Fsp3) is 0.375. The lowest BCUT2D eigenvalue weighted by atomic mass is 10.1. The van der Waals surface area contributed by atoms with Crippen LogP contribution < -0.4 is 4.90 Å². The van der Waals surface area contributed by atoms with Crippen LogP contribution in [0.25, 0.3) is 6.08 Å². The van der Waals surface area contributed by atoms with E-state index in [1.54, 1.807) is 11.9 Å². The topological polar surface area (TPSA) is 35.9 Å². The molecule has 1 heterocycles. The molecule has 0 unspecified atom stereocenters. The lowest BCUT2D eigenvalue weighted by Crippen LogP contribution is -2.25. The summed E-state index contributed by atoms with van der Waals surface area (Å²) in [5, 5.41) is 0.742. The minimum atomic E-state index is -0.0489. The molecule has 0 aliphatic carbocycles. The SMILES string of the molecule is CCN(CC)c1ccc(/C=C2\N=C(SC)N(C)C2=O)cc1. The van der Waals surface area contributed by atoms with Crippen LogP contribution in [0.15, 0.2) is 35.0 Å². The van der Waals surface area contributed by atoms with E-state index in [1.807, 2.05) is 24.5 Å². The minimum absolute atomic E-state index is 0.0489. The van der Waals surface area contributed by atoms with Crippen molar-refractivity contribution in [2.45, 2.75) is 13.8 Å².